The number of anilines is 2. The number of phosphoric ester groups is 1. The molecular formula is C27H40N10O15P2. The second-order valence-electron chi connectivity index (χ2n) is 12.1. The molecule has 6 heterocycles. The quantitative estimate of drug-likeness (QED) is 0.0501. The highest BCUT2D eigenvalue weighted by molar-refractivity contribution is 7.51. The normalized spacial score (nSPS) is 28.2. The molecule has 8 N–H and O–H groups in total. The second kappa shape index (κ2) is 16.7. The van der Waals surface area contributed by atoms with Crippen LogP contribution in [0.4, 0.5) is 11.8 Å². The van der Waals surface area contributed by atoms with E-state index in [9.17, 15) is 28.8 Å². The topological polar surface area (TPSA) is 337 Å². The van der Waals surface area contributed by atoms with Gasteiger partial charge < -0.3 is 59.3 Å². The molecule has 2 aliphatic rings. The standard InChI is InChI=1S/C27H40N10O15P2/c1-44-4-6-46-19-17(38)13(50-25(19)37-12-33-16-23(37)34-27(29)35-24(16)39)8-49-54(42,43)52-18-14(9-48-53(3,40)41)51-26(20(18)47-7-5-45-2)36-11-32-15-21(28)30-10-31-22(15)36/h10-14,17-20,25-26,38H,4-9H2,1-3H3,(H,40,41)(H,42,43)(H2,28,30,31)(H3,29,34,35,39)/t13-,14-,17+,18+,19?,20?,25-,26-/m1/s1. The van der Waals surface area contributed by atoms with Gasteiger partial charge in [0, 0.05) is 20.9 Å². The van der Waals surface area contributed by atoms with E-state index in [2.05, 4.69) is 29.9 Å². The van der Waals surface area contributed by atoms with Gasteiger partial charge in [-0.1, -0.05) is 0 Å². The van der Waals surface area contributed by atoms with Crippen LogP contribution in [0.1, 0.15) is 12.5 Å². The van der Waals surface area contributed by atoms with Crippen LogP contribution in [0.15, 0.2) is 23.8 Å². The summed E-state index contributed by atoms with van der Waals surface area (Å²) in [4.78, 5) is 56.3. The van der Waals surface area contributed by atoms with Crippen molar-refractivity contribution >= 4 is 49.5 Å². The van der Waals surface area contributed by atoms with Crippen LogP contribution >= 0.6 is 15.4 Å². The molecule has 2 saturated heterocycles. The van der Waals surface area contributed by atoms with Gasteiger partial charge in [-0.05, 0) is 0 Å². The van der Waals surface area contributed by atoms with E-state index in [1.165, 1.54) is 42.3 Å². The summed E-state index contributed by atoms with van der Waals surface area (Å²) in [7, 11) is -6.32. The summed E-state index contributed by atoms with van der Waals surface area (Å²) in [6.45, 7) is -0.164. The van der Waals surface area contributed by atoms with Gasteiger partial charge in [-0.25, -0.2) is 24.5 Å². The van der Waals surface area contributed by atoms with E-state index in [1.807, 2.05) is 0 Å². The molecular weight excluding hydrogens is 766 g/mol. The number of fused-ring (bicyclic) bond motifs is 2. The molecule has 0 aromatic carbocycles. The molecule has 2 fully saturated rings. The van der Waals surface area contributed by atoms with E-state index < -0.39 is 83.3 Å². The minimum atomic E-state index is -5.13. The molecule has 0 amide bonds. The molecule has 4 aromatic heterocycles. The van der Waals surface area contributed by atoms with Crippen LogP contribution in [-0.4, -0.2) is 151 Å². The van der Waals surface area contributed by atoms with Gasteiger partial charge in [0.15, 0.2) is 35.1 Å². The van der Waals surface area contributed by atoms with Gasteiger partial charge in [0.2, 0.25) is 5.95 Å². The van der Waals surface area contributed by atoms with Crippen molar-refractivity contribution in [2.75, 3.05) is 72.0 Å². The highest BCUT2D eigenvalue weighted by Crippen LogP contribution is 2.51. The zero-order valence-electron chi connectivity index (χ0n) is 29.0. The molecule has 54 heavy (non-hydrogen) atoms. The Labute approximate surface area is 304 Å². The van der Waals surface area contributed by atoms with Crippen molar-refractivity contribution in [1.82, 2.24) is 39.0 Å². The second-order valence-corrected chi connectivity index (χ2v) is 15.3. The predicted molar refractivity (Wildman–Crippen MR) is 182 cm³/mol. The number of aliphatic hydroxyl groups is 1. The van der Waals surface area contributed by atoms with Crippen molar-refractivity contribution in [3.63, 3.8) is 0 Å². The van der Waals surface area contributed by atoms with Gasteiger partial charge in [-0.15, -0.1) is 0 Å². The van der Waals surface area contributed by atoms with Gasteiger partial charge in [-0.2, -0.15) is 4.98 Å². The van der Waals surface area contributed by atoms with Crippen LogP contribution in [0.2, 0.25) is 0 Å². The zero-order valence-corrected chi connectivity index (χ0v) is 30.8. The number of hydrogen-bond acceptors (Lipinski definition) is 20. The van der Waals surface area contributed by atoms with Crippen LogP contribution in [0.25, 0.3) is 22.3 Å². The molecule has 25 nitrogen and oxygen atoms in total. The first-order valence-electron chi connectivity index (χ1n) is 16.2. The number of rotatable bonds is 18. The Hall–Kier alpha value is -3.52. The maximum atomic E-state index is 13.7. The Bertz CT molecular complexity index is 2060. The van der Waals surface area contributed by atoms with Crippen LogP contribution in [0, 0.1) is 0 Å². The number of nitrogens with one attached hydrogen (secondary N) is 1. The molecule has 27 heteroatoms. The number of phosphoric acid groups is 1. The first kappa shape index (κ1) is 40.2. The number of methoxy groups -OCH3 is 2. The number of hydrogen-bond donors (Lipinski definition) is 6. The summed E-state index contributed by atoms with van der Waals surface area (Å²) in [6.07, 6.45) is -6.50. The summed E-state index contributed by atoms with van der Waals surface area (Å²) in [5.74, 6) is -0.129. The minimum absolute atomic E-state index is 0.0101. The largest absolute Gasteiger partial charge is 0.472 e. The lowest BCUT2D eigenvalue weighted by atomic mass is 10.1. The lowest BCUT2D eigenvalue weighted by molar-refractivity contribution is -0.0814. The van der Waals surface area contributed by atoms with E-state index in [1.54, 1.807) is 0 Å². The number of nitrogens with two attached hydrogens (primary N) is 2. The van der Waals surface area contributed by atoms with Crippen molar-refractivity contribution in [2.24, 2.45) is 0 Å². The Morgan fingerprint density at radius 3 is 2.13 bits per heavy atom. The SMILES string of the molecule is COCCOC1[C@@H](O)[C@@H](COP(=O)(O)O[C@@H]2C(OCCOC)[C@H](n3cnc4c(N)ncnc43)O[C@@H]2COP(C)(=O)O)O[C@H]1n1cnc2c(=O)[nH]c(N)nc21. The molecule has 10 atom stereocenters. The van der Waals surface area contributed by atoms with E-state index in [-0.39, 0.29) is 60.5 Å². The van der Waals surface area contributed by atoms with Crippen LogP contribution < -0.4 is 17.0 Å². The highest BCUT2D eigenvalue weighted by Gasteiger charge is 2.52. The number of imidazole rings is 2. The van der Waals surface area contributed by atoms with E-state index in [4.69, 9.17) is 53.5 Å². The summed E-state index contributed by atoms with van der Waals surface area (Å²) in [5, 5.41) is 11.3. The van der Waals surface area contributed by atoms with Crippen LogP contribution in [-0.2, 0) is 51.1 Å². The Morgan fingerprint density at radius 2 is 1.44 bits per heavy atom. The van der Waals surface area contributed by atoms with Gasteiger partial charge in [-0.3, -0.25) is 32.5 Å². The Morgan fingerprint density at radius 1 is 0.833 bits per heavy atom. The first-order chi connectivity index (χ1) is 25.7. The average molecular weight is 807 g/mol. The van der Waals surface area contributed by atoms with Crippen molar-refractivity contribution in [3.05, 3.63) is 29.3 Å². The summed E-state index contributed by atoms with van der Waals surface area (Å²) < 4.78 is 78.9. The van der Waals surface area contributed by atoms with Gasteiger partial charge >= 0.3 is 15.4 Å². The van der Waals surface area contributed by atoms with Crippen molar-refractivity contribution < 1.29 is 66.0 Å². The molecule has 0 aliphatic carbocycles. The monoisotopic (exact) mass is 806 g/mol. The molecule has 0 radical (unpaired) electrons. The third-order valence-electron chi connectivity index (χ3n) is 8.32. The lowest BCUT2D eigenvalue weighted by Gasteiger charge is -2.27. The van der Waals surface area contributed by atoms with Crippen molar-refractivity contribution in [1.29, 1.82) is 0 Å². The smallest absolute Gasteiger partial charge is 0.387 e. The number of aliphatic hydroxyl groups excluding tert-OH is 1. The Balaban J connectivity index is 1.24. The van der Waals surface area contributed by atoms with Crippen molar-refractivity contribution in [3.8, 4) is 0 Å². The minimum Gasteiger partial charge on any atom is -0.387 e. The third kappa shape index (κ3) is 8.79. The summed E-state index contributed by atoms with van der Waals surface area (Å²) >= 11 is 0. The first-order valence-corrected chi connectivity index (χ1v) is 19.7. The van der Waals surface area contributed by atoms with Crippen molar-refractivity contribution in [2.45, 2.75) is 49.1 Å². The maximum Gasteiger partial charge on any atom is 0.472 e. The van der Waals surface area contributed by atoms with E-state index in [0.717, 1.165) is 6.66 Å². The summed E-state index contributed by atoms with van der Waals surface area (Å²) in [6, 6.07) is 0. The fourth-order valence-corrected chi connectivity index (χ4v) is 7.30. The average Bonchev–Trinajstić information content (AvgIpc) is 3.87. The molecule has 4 unspecified atom stereocenters. The number of ether oxygens (including phenoxy) is 6. The number of nitrogens with zero attached hydrogens (tertiary/aromatic N) is 7. The molecule has 2 aliphatic heterocycles. The molecule has 0 bridgehead atoms. The van der Waals surface area contributed by atoms with Crippen LogP contribution in [0.3, 0.4) is 0 Å². The van der Waals surface area contributed by atoms with Crippen LogP contribution in [0.5, 0.6) is 0 Å². The van der Waals surface area contributed by atoms with Gasteiger partial charge in [0.1, 0.15) is 48.5 Å². The third-order valence-corrected chi connectivity index (χ3v) is 9.93. The lowest BCUT2D eigenvalue weighted by Crippen LogP contribution is -2.39. The number of nitrogen functional groups attached to an aromatic ring is 2. The fraction of sp³-hybridized carbons (Fsp3) is 0.630. The number of H-pyrrole nitrogens is 1. The van der Waals surface area contributed by atoms with Gasteiger partial charge in [0.05, 0.1) is 52.3 Å². The molecule has 6 rings (SSSR count). The van der Waals surface area contributed by atoms with E-state index >= 15 is 0 Å². The number of aromatic nitrogens is 8. The summed E-state index contributed by atoms with van der Waals surface area (Å²) in [5.41, 5.74) is 11.5. The maximum absolute atomic E-state index is 13.7. The highest BCUT2D eigenvalue weighted by atomic mass is 31.2. The molecule has 4 aromatic rings. The molecule has 0 spiro atoms. The number of aromatic amines is 1. The zero-order chi connectivity index (χ0) is 38.8. The van der Waals surface area contributed by atoms with Gasteiger partial charge in [0.25, 0.3) is 5.56 Å². The van der Waals surface area contributed by atoms with E-state index in [0.29, 0.717) is 0 Å². The fourth-order valence-electron chi connectivity index (χ4n) is 5.91. The Kier molecular flexibility index (Phi) is 12.4. The molecule has 298 valence electrons. The molecule has 0 saturated carbocycles. The predicted octanol–water partition coefficient (Wildman–Crippen LogP) is -1.32.